The number of aliphatic hydroxyl groups is 1. The number of ether oxygens (including phenoxy) is 2. The summed E-state index contributed by atoms with van der Waals surface area (Å²) in [5.41, 5.74) is 1.98. The van der Waals surface area contributed by atoms with Crippen LogP contribution in [0, 0.1) is 0 Å². The Bertz CT molecular complexity index is 758. The monoisotopic (exact) mass is 356 g/mol. The molecule has 1 aromatic carbocycles. The van der Waals surface area contributed by atoms with Crippen molar-refractivity contribution in [2.45, 2.75) is 26.0 Å². The Balaban J connectivity index is 1.38. The molecule has 4 rings (SSSR count). The van der Waals surface area contributed by atoms with Crippen LogP contribution >= 0.6 is 0 Å². The number of hydrogen-bond donors (Lipinski definition) is 1. The number of aromatic nitrogens is 2. The lowest BCUT2D eigenvalue weighted by Gasteiger charge is -2.38. The molecule has 0 unspecified atom stereocenters. The van der Waals surface area contributed by atoms with Gasteiger partial charge in [-0.25, -0.2) is 9.97 Å². The topological polar surface area (TPSA) is 71.0 Å². The zero-order valence-corrected chi connectivity index (χ0v) is 15.1. The third kappa shape index (κ3) is 3.32. The molecule has 26 heavy (non-hydrogen) atoms. The molecular weight excluding hydrogens is 332 g/mol. The van der Waals surface area contributed by atoms with Gasteiger partial charge in [0.05, 0.1) is 6.10 Å². The van der Waals surface area contributed by atoms with E-state index in [9.17, 15) is 5.11 Å². The van der Waals surface area contributed by atoms with Gasteiger partial charge in [-0.2, -0.15) is 0 Å². The summed E-state index contributed by atoms with van der Waals surface area (Å²) in [4.78, 5) is 13.4. The maximum absolute atomic E-state index is 9.57. The van der Waals surface area contributed by atoms with Crippen molar-refractivity contribution in [3.8, 4) is 11.5 Å². The Morgan fingerprint density at radius 1 is 0.962 bits per heavy atom. The highest BCUT2D eigenvalue weighted by molar-refractivity contribution is 5.45. The fraction of sp³-hybridized carbons (Fsp3) is 0.474. The molecule has 0 bridgehead atoms. The Kier molecular flexibility index (Phi) is 4.65. The van der Waals surface area contributed by atoms with Crippen LogP contribution in [0.15, 0.2) is 30.6 Å². The summed E-state index contributed by atoms with van der Waals surface area (Å²) in [6.07, 6.45) is 2.87. The first kappa shape index (κ1) is 17.1. The number of rotatable bonds is 4. The first-order chi connectivity index (χ1) is 12.6. The van der Waals surface area contributed by atoms with Gasteiger partial charge in [-0.05, 0) is 31.5 Å². The average molecular weight is 356 g/mol. The summed E-state index contributed by atoms with van der Waals surface area (Å²) in [6, 6.07) is 6.49. The van der Waals surface area contributed by atoms with Crippen LogP contribution in [0.5, 0.6) is 11.5 Å². The maximum Gasteiger partial charge on any atom is 0.231 e. The number of anilines is 1. The summed E-state index contributed by atoms with van der Waals surface area (Å²) in [5, 5.41) is 9.57. The first-order valence-corrected chi connectivity index (χ1v) is 9.00. The van der Waals surface area contributed by atoms with Crippen LogP contribution < -0.4 is 14.4 Å². The van der Waals surface area contributed by atoms with Crippen LogP contribution in [0.1, 0.15) is 37.1 Å². The van der Waals surface area contributed by atoms with E-state index in [2.05, 4.69) is 38.8 Å². The zero-order valence-electron chi connectivity index (χ0n) is 15.1. The van der Waals surface area contributed by atoms with Crippen molar-refractivity contribution < 1.29 is 14.6 Å². The van der Waals surface area contributed by atoms with Crippen LogP contribution in [0.2, 0.25) is 0 Å². The van der Waals surface area contributed by atoms with E-state index in [0.29, 0.717) is 12.8 Å². The van der Waals surface area contributed by atoms with E-state index in [-0.39, 0.29) is 0 Å². The van der Waals surface area contributed by atoms with Gasteiger partial charge in [0, 0.05) is 50.2 Å². The quantitative estimate of drug-likeness (QED) is 0.900. The minimum absolute atomic E-state index is 0.305. The van der Waals surface area contributed by atoms with Gasteiger partial charge in [0.1, 0.15) is 0 Å². The molecule has 2 aliphatic rings. The molecule has 138 valence electrons. The van der Waals surface area contributed by atoms with E-state index in [4.69, 9.17) is 9.47 Å². The zero-order chi connectivity index (χ0) is 18.1. The smallest absolute Gasteiger partial charge is 0.231 e. The Labute approximate surface area is 153 Å². The van der Waals surface area contributed by atoms with Gasteiger partial charge < -0.3 is 19.5 Å². The SMILES string of the molecule is C[C@H](O)c1cnc(N2CCN([C@@H](C)c3ccc4c(c3)OCO4)CC2)nc1. The summed E-state index contributed by atoms with van der Waals surface area (Å²) < 4.78 is 10.9. The van der Waals surface area contributed by atoms with Gasteiger partial charge in [-0.3, -0.25) is 4.90 Å². The minimum atomic E-state index is -0.538. The molecule has 3 heterocycles. The van der Waals surface area contributed by atoms with Crippen molar-refractivity contribution in [2.24, 2.45) is 0 Å². The van der Waals surface area contributed by atoms with Crippen molar-refractivity contribution in [2.75, 3.05) is 37.9 Å². The van der Waals surface area contributed by atoms with Crippen LogP contribution in [0.25, 0.3) is 0 Å². The van der Waals surface area contributed by atoms with E-state index in [1.807, 2.05) is 6.07 Å². The summed E-state index contributed by atoms with van der Waals surface area (Å²) in [7, 11) is 0. The molecular formula is C19H24N4O3. The van der Waals surface area contributed by atoms with E-state index in [1.165, 1.54) is 5.56 Å². The van der Waals surface area contributed by atoms with Crippen molar-refractivity contribution in [3.05, 3.63) is 41.7 Å². The molecule has 1 aromatic heterocycles. The lowest BCUT2D eigenvalue weighted by Crippen LogP contribution is -2.47. The number of hydrogen-bond acceptors (Lipinski definition) is 7. The predicted molar refractivity (Wildman–Crippen MR) is 97.4 cm³/mol. The van der Waals surface area contributed by atoms with Gasteiger partial charge in [0.2, 0.25) is 12.7 Å². The van der Waals surface area contributed by atoms with Gasteiger partial charge >= 0.3 is 0 Å². The average Bonchev–Trinajstić information content (AvgIpc) is 3.15. The van der Waals surface area contributed by atoms with Gasteiger partial charge in [0.25, 0.3) is 0 Å². The van der Waals surface area contributed by atoms with Crippen molar-refractivity contribution in [1.29, 1.82) is 0 Å². The molecule has 2 aromatic rings. The number of piperazine rings is 1. The largest absolute Gasteiger partial charge is 0.454 e. The number of benzene rings is 1. The van der Waals surface area contributed by atoms with Gasteiger partial charge in [-0.15, -0.1) is 0 Å². The summed E-state index contributed by atoms with van der Waals surface area (Å²) >= 11 is 0. The summed E-state index contributed by atoms with van der Waals surface area (Å²) in [6.45, 7) is 7.88. The van der Waals surface area contributed by atoms with Gasteiger partial charge in [-0.1, -0.05) is 6.07 Å². The number of nitrogens with zero attached hydrogens (tertiary/aromatic N) is 4. The number of fused-ring (bicyclic) bond motifs is 1. The highest BCUT2D eigenvalue weighted by Gasteiger charge is 2.25. The molecule has 1 N–H and O–H groups in total. The molecule has 0 saturated carbocycles. The molecule has 7 nitrogen and oxygen atoms in total. The molecule has 2 aliphatic heterocycles. The Morgan fingerprint density at radius 3 is 2.35 bits per heavy atom. The highest BCUT2D eigenvalue weighted by atomic mass is 16.7. The highest BCUT2D eigenvalue weighted by Crippen LogP contribution is 2.35. The van der Waals surface area contributed by atoms with E-state index in [1.54, 1.807) is 19.3 Å². The second-order valence-corrected chi connectivity index (χ2v) is 6.80. The third-order valence-electron chi connectivity index (χ3n) is 5.16. The Hall–Kier alpha value is -2.38. The van der Waals surface area contributed by atoms with E-state index < -0.39 is 6.10 Å². The molecule has 7 heteroatoms. The van der Waals surface area contributed by atoms with Gasteiger partial charge in [0.15, 0.2) is 11.5 Å². The third-order valence-corrected chi connectivity index (χ3v) is 5.16. The van der Waals surface area contributed by atoms with Crippen LogP contribution in [-0.4, -0.2) is 52.9 Å². The van der Waals surface area contributed by atoms with Crippen molar-refractivity contribution in [1.82, 2.24) is 14.9 Å². The lowest BCUT2D eigenvalue weighted by atomic mass is 10.1. The lowest BCUT2D eigenvalue weighted by molar-refractivity contribution is 0.173. The molecule has 0 amide bonds. The summed E-state index contributed by atoms with van der Waals surface area (Å²) in [5.74, 6) is 2.38. The molecule has 0 spiro atoms. The number of aliphatic hydroxyl groups excluding tert-OH is 1. The van der Waals surface area contributed by atoms with Crippen LogP contribution in [0.4, 0.5) is 5.95 Å². The molecule has 0 aliphatic carbocycles. The van der Waals surface area contributed by atoms with E-state index in [0.717, 1.165) is 49.2 Å². The Morgan fingerprint density at radius 2 is 1.65 bits per heavy atom. The van der Waals surface area contributed by atoms with Crippen LogP contribution in [0.3, 0.4) is 0 Å². The second kappa shape index (κ2) is 7.09. The standard InChI is InChI=1S/C19H24N4O3/c1-13(15-3-4-17-18(9-15)26-12-25-17)22-5-7-23(8-6-22)19-20-10-16(11-21-19)14(2)24/h3-4,9-11,13-14,24H,5-8,12H2,1-2H3/t13-,14-/m0/s1. The molecule has 0 radical (unpaired) electrons. The first-order valence-electron chi connectivity index (χ1n) is 9.00. The van der Waals surface area contributed by atoms with E-state index >= 15 is 0 Å². The fourth-order valence-electron chi connectivity index (χ4n) is 3.40. The minimum Gasteiger partial charge on any atom is -0.454 e. The van der Waals surface area contributed by atoms with Crippen LogP contribution in [-0.2, 0) is 0 Å². The fourth-order valence-corrected chi connectivity index (χ4v) is 3.40. The molecule has 1 saturated heterocycles. The second-order valence-electron chi connectivity index (χ2n) is 6.80. The molecule has 1 fully saturated rings. The van der Waals surface area contributed by atoms with Crippen molar-refractivity contribution in [3.63, 3.8) is 0 Å². The normalized spacial score (nSPS) is 19.4. The maximum atomic E-state index is 9.57. The van der Waals surface area contributed by atoms with Crippen molar-refractivity contribution >= 4 is 5.95 Å². The molecule has 2 atom stereocenters. The predicted octanol–water partition coefficient (Wildman–Crippen LogP) is 2.14.